The first-order valence-corrected chi connectivity index (χ1v) is 11.0. The van der Waals surface area contributed by atoms with Crippen molar-refractivity contribution in [1.82, 2.24) is 14.8 Å². The van der Waals surface area contributed by atoms with E-state index in [2.05, 4.69) is 27.1 Å². The van der Waals surface area contributed by atoms with Gasteiger partial charge in [0, 0.05) is 61.9 Å². The van der Waals surface area contributed by atoms with Gasteiger partial charge in [-0.25, -0.2) is 4.39 Å². The maximum Gasteiger partial charge on any atom is 0.167 e. The summed E-state index contributed by atoms with van der Waals surface area (Å²) in [4.78, 5) is 9.38. The van der Waals surface area contributed by atoms with E-state index in [0.717, 1.165) is 62.6 Å². The monoisotopic (exact) mass is 435 g/mol. The Morgan fingerprint density at radius 1 is 1.06 bits per heavy atom. The van der Waals surface area contributed by atoms with Crippen LogP contribution in [-0.4, -0.2) is 61.1 Å². The van der Waals surface area contributed by atoms with Crippen molar-refractivity contribution in [2.24, 2.45) is 0 Å². The molecule has 1 aromatic heterocycles. The standard InChI is InChI=1S/C25H30FN5O/c1-30-13-15-31(16-14-30)12-4-11-29-24-8-7-20(18-21(24)23-5-2-3-10-28-23)32-25-9-6-19(27)17-22(25)26/h2-3,5-10,17-18,29H,4,11-16,27H2,1H3. The van der Waals surface area contributed by atoms with Gasteiger partial charge in [-0.05, 0) is 62.5 Å². The SMILES string of the molecule is CN1CCN(CCCNc2ccc(Oc3ccc(N)cc3F)cc2-c2ccccn2)CC1. The van der Waals surface area contributed by atoms with E-state index in [-0.39, 0.29) is 5.75 Å². The Bertz CT molecular complexity index is 1020. The fourth-order valence-electron chi connectivity index (χ4n) is 3.80. The van der Waals surface area contributed by atoms with Gasteiger partial charge in [0.2, 0.25) is 0 Å². The predicted molar refractivity (Wildman–Crippen MR) is 128 cm³/mol. The third kappa shape index (κ3) is 5.75. The van der Waals surface area contributed by atoms with Crippen molar-refractivity contribution >= 4 is 11.4 Å². The highest BCUT2D eigenvalue weighted by atomic mass is 19.1. The number of hydrogen-bond acceptors (Lipinski definition) is 6. The average molecular weight is 436 g/mol. The van der Waals surface area contributed by atoms with Crippen molar-refractivity contribution in [1.29, 1.82) is 0 Å². The lowest BCUT2D eigenvalue weighted by Crippen LogP contribution is -2.44. The Hall–Kier alpha value is -3.16. The van der Waals surface area contributed by atoms with Gasteiger partial charge in [-0.2, -0.15) is 0 Å². The second kappa shape index (κ2) is 10.4. The summed E-state index contributed by atoms with van der Waals surface area (Å²) in [7, 11) is 2.17. The molecule has 0 amide bonds. The van der Waals surface area contributed by atoms with Crippen LogP contribution in [0.25, 0.3) is 11.3 Å². The molecule has 32 heavy (non-hydrogen) atoms. The number of benzene rings is 2. The van der Waals surface area contributed by atoms with Crippen molar-refractivity contribution in [3.05, 3.63) is 66.6 Å². The second-order valence-corrected chi connectivity index (χ2v) is 8.14. The van der Waals surface area contributed by atoms with Crippen LogP contribution in [0.5, 0.6) is 11.5 Å². The van der Waals surface area contributed by atoms with Gasteiger partial charge >= 0.3 is 0 Å². The van der Waals surface area contributed by atoms with Gasteiger partial charge < -0.3 is 25.6 Å². The summed E-state index contributed by atoms with van der Waals surface area (Å²) in [5, 5.41) is 3.55. The molecule has 0 unspecified atom stereocenters. The Labute approximate surface area is 188 Å². The summed E-state index contributed by atoms with van der Waals surface area (Å²) >= 11 is 0. The molecule has 0 atom stereocenters. The number of nitrogens with two attached hydrogens (primary N) is 1. The van der Waals surface area contributed by atoms with Crippen molar-refractivity contribution in [2.45, 2.75) is 6.42 Å². The van der Waals surface area contributed by atoms with E-state index in [1.165, 1.54) is 12.1 Å². The summed E-state index contributed by atoms with van der Waals surface area (Å²) in [5.41, 5.74) is 8.72. The van der Waals surface area contributed by atoms with E-state index in [1.807, 2.05) is 36.4 Å². The van der Waals surface area contributed by atoms with E-state index in [1.54, 1.807) is 12.3 Å². The van der Waals surface area contributed by atoms with E-state index >= 15 is 0 Å². The number of aromatic nitrogens is 1. The van der Waals surface area contributed by atoms with E-state index < -0.39 is 5.82 Å². The highest BCUT2D eigenvalue weighted by Crippen LogP contribution is 2.33. The average Bonchev–Trinajstić information content (AvgIpc) is 2.81. The summed E-state index contributed by atoms with van der Waals surface area (Å²) in [6.45, 7) is 6.46. The molecule has 168 valence electrons. The molecule has 1 aliphatic rings. The van der Waals surface area contributed by atoms with Crippen LogP contribution in [0.15, 0.2) is 60.8 Å². The van der Waals surface area contributed by atoms with Crippen LogP contribution in [0.2, 0.25) is 0 Å². The van der Waals surface area contributed by atoms with Crippen LogP contribution < -0.4 is 15.8 Å². The highest BCUT2D eigenvalue weighted by Gasteiger charge is 2.14. The van der Waals surface area contributed by atoms with Gasteiger partial charge in [-0.3, -0.25) is 4.98 Å². The summed E-state index contributed by atoms with van der Waals surface area (Å²) in [5.74, 6) is 0.187. The fraction of sp³-hybridized carbons (Fsp3) is 0.320. The normalized spacial score (nSPS) is 14.9. The van der Waals surface area contributed by atoms with Crippen LogP contribution >= 0.6 is 0 Å². The number of rotatable bonds is 8. The lowest BCUT2D eigenvalue weighted by atomic mass is 10.1. The molecule has 1 fully saturated rings. The molecule has 0 saturated carbocycles. The summed E-state index contributed by atoms with van der Waals surface area (Å²) in [6.07, 6.45) is 2.82. The van der Waals surface area contributed by atoms with Crippen molar-refractivity contribution in [2.75, 3.05) is 57.4 Å². The van der Waals surface area contributed by atoms with Crippen LogP contribution in [0.1, 0.15) is 6.42 Å². The van der Waals surface area contributed by atoms with Crippen LogP contribution in [0, 0.1) is 5.82 Å². The molecule has 1 aliphatic heterocycles. The fourth-order valence-corrected chi connectivity index (χ4v) is 3.80. The lowest BCUT2D eigenvalue weighted by molar-refractivity contribution is 0.154. The molecular weight excluding hydrogens is 405 g/mol. The Morgan fingerprint density at radius 3 is 2.66 bits per heavy atom. The van der Waals surface area contributed by atoms with Crippen molar-refractivity contribution in [3.8, 4) is 22.8 Å². The number of halogens is 1. The van der Waals surface area contributed by atoms with Crippen molar-refractivity contribution in [3.63, 3.8) is 0 Å². The topological polar surface area (TPSA) is 66.7 Å². The van der Waals surface area contributed by atoms with Crippen LogP contribution in [0.4, 0.5) is 15.8 Å². The zero-order chi connectivity index (χ0) is 22.3. The maximum absolute atomic E-state index is 14.2. The molecule has 3 aromatic rings. The molecule has 2 heterocycles. The minimum absolute atomic E-state index is 0.138. The largest absolute Gasteiger partial charge is 0.454 e. The summed E-state index contributed by atoms with van der Waals surface area (Å²) < 4.78 is 20.0. The number of nitrogens with zero attached hydrogens (tertiary/aromatic N) is 3. The molecule has 0 bridgehead atoms. The Kier molecular flexibility index (Phi) is 7.19. The van der Waals surface area contributed by atoms with Crippen LogP contribution in [0.3, 0.4) is 0 Å². The van der Waals surface area contributed by atoms with Gasteiger partial charge in [-0.1, -0.05) is 6.07 Å². The van der Waals surface area contributed by atoms with E-state index in [4.69, 9.17) is 10.5 Å². The number of anilines is 2. The Balaban J connectivity index is 1.45. The number of pyridine rings is 1. The Morgan fingerprint density at radius 2 is 1.91 bits per heavy atom. The minimum Gasteiger partial charge on any atom is -0.454 e. The van der Waals surface area contributed by atoms with Gasteiger partial charge in [-0.15, -0.1) is 0 Å². The summed E-state index contributed by atoms with van der Waals surface area (Å²) in [6, 6.07) is 15.9. The molecular formula is C25H30FN5O. The molecule has 1 saturated heterocycles. The number of nitrogen functional groups attached to an aromatic ring is 1. The second-order valence-electron chi connectivity index (χ2n) is 8.14. The molecule has 3 N–H and O–H groups in total. The van der Waals surface area contributed by atoms with E-state index in [0.29, 0.717) is 11.4 Å². The first-order chi connectivity index (χ1) is 15.6. The predicted octanol–water partition coefficient (Wildman–Crippen LogP) is 4.31. The number of hydrogen-bond donors (Lipinski definition) is 2. The maximum atomic E-state index is 14.2. The molecule has 0 aliphatic carbocycles. The molecule has 2 aromatic carbocycles. The highest BCUT2D eigenvalue weighted by molar-refractivity contribution is 5.77. The van der Waals surface area contributed by atoms with E-state index in [9.17, 15) is 4.39 Å². The van der Waals surface area contributed by atoms with Gasteiger partial charge in [0.1, 0.15) is 5.75 Å². The number of likely N-dealkylation sites (N-methyl/N-ethyl adjacent to an activating group) is 1. The lowest BCUT2D eigenvalue weighted by Gasteiger charge is -2.32. The zero-order valence-corrected chi connectivity index (χ0v) is 18.4. The molecule has 4 rings (SSSR count). The van der Waals surface area contributed by atoms with Crippen molar-refractivity contribution < 1.29 is 9.13 Å². The number of nitrogens with one attached hydrogen (secondary N) is 1. The molecule has 6 nitrogen and oxygen atoms in total. The van der Waals surface area contributed by atoms with Gasteiger partial charge in [0.25, 0.3) is 0 Å². The number of piperazine rings is 1. The first kappa shape index (κ1) is 22.0. The number of ether oxygens (including phenoxy) is 1. The first-order valence-electron chi connectivity index (χ1n) is 11.0. The third-order valence-corrected chi connectivity index (χ3v) is 5.68. The minimum atomic E-state index is -0.490. The van der Waals surface area contributed by atoms with Crippen LogP contribution in [-0.2, 0) is 0 Å². The van der Waals surface area contributed by atoms with Gasteiger partial charge in [0.15, 0.2) is 11.6 Å². The molecule has 7 heteroatoms. The zero-order valence-electron chi connectivity index (χ0n) is 18.4. The smallest absolute Gasteiger partial charge is 0.167 e. The quantitative estimate of drug-likeness (QED) is 0.406. The third-order valence-electron chi connectivity index (χ3n) is 5.68. The molecule has 0 spiro atoms. The molecule has 0 radical (unpaired) electrons. The van der Waals surface area contributed by atoms with Gasteiger partial charge in [0.05, 0.1) is 5.69 Å².